The number of hydrogen-bond acceptors (Lipinski definition) is 0. The average molecular weight is 210 g/mol. The Balaban J connectivity index is 4.25. The third-order valence-electron chi connectivity index (χ3n) is 2.52. The lowest BCUT2D eigenvalue weighted by Gasteiger charge is -2.11. The average Bonchev–Trinajstić information content (AvgIpc) is 2.17. The summed E-state index contributed by atoms with van der Waals surface area (Å²) in [4.78, 5) is 0. The lowest BCUT2D eigenvalue weighted by molar-refractivity contribution is 0.417. The molecular weight excluding hydrogens is 187 g/mol. The van der Waals surface area contributed by atoms with Crippen molar-refractivity contribution in [2.45, 2.75) is 46.5 Å². The summed E-state index contributed by atoms with van der Waals surface area (Å²) in [5.74, 6) is 0.480. The van der Waals surface area contributed by atoms with Crippen LogP contribution in [0.25, 0.3) is 0 Å². The number of allylic oxidation sites excluding steroid dienone is 5. The molecule has 0 N–H and O–H groups in total. The van der Waals surface area contributed by atoms with E-state index in [-0.39, 0.29) is 5.83 Å². The van der Waals surface area contributed by atoms with Crippen LogP contribution >= 0.6 is 0 Å². The van der Waals surface area contributed by atoms with Crippen molar-refractivity contribution in [2.24, 2.45) is 5.92 Å². The summed E-state index contributed by atoms with van der Waals surface area (Å²) >= 11 is 0. The van der Waals surface area contributed by atoms with Crippen molar-refractivity contribution in [2.75, 3.05) is 0 Å². The largest absolute Gasteiger partial charge is 0.212 e. The Morgan fingerprint density at radius 3 is 2.53 bits per heavy atom. The quantitative estimate of drug-likeness (QED) is 0.507. The van der Waals surface area contributed by atoms with E-state index >= 15 is 0 Å². The molecule has 0 rings (SSSR count). The molecule has 0 aromatic rings. The maximum Gasteiger partial charge on any atom is 0.100 e. The summed E-state index contributed by atoms with van der Waals surface area (Å²) in [7, 11) is 0. The van der Waals surface area contributed by atoms with Gasteiger partial charge in [-0.25, -0.2) is 4.39 Å². The first-order valence-corrected chi connectivity index (χ1v) is 5.79. The maximum absolute atomic E-state index is 13.5. The Labute approximate surface area is 93.6 Å². The van der Waals surface area contributed by atoms with E-state index in [4.69, 9.17) is 0 Å². The second kappa shape index (κ2) is 8.46. The van der Waals surface area contributed by atoms with Gasteiger partial charge in [0.2, 0.25) is 0 Å². The zero-order valence-electron chi connectivity index (χ0n) is 10.2. The van der Waals surface area contributed by atoms with Crippen molar-refractivity contribution in [3.63, 3.8) is 0 Å². The van der Waals surface area contributed by atoms with Crippen molar-refractivity contribution in [3.8, 4) is 0 Å². The van der Waals surface area contributed by atoms with Crippen LogP contribution in [0.5, 0.6) is 0 Å². The van der Waals surface area contributed by atoms with Gasteiger partial charge in [-0.1, -0.05) is 51.8 Å². The normalized spacial score (nSPS) is 15.2. The smallest absolute Gasteiger partial charge is 0.100 e. The second-order valence-electron chi connectivity index (χ2n) is 4.00. The monoisotopic (exact) mass is 210 g/mol. The highest BCUT2D eigenvalue weighted by Gasteiger charge is 2.07. The van der Waals surface area contributed by atoms with Crippen LogP contribution in [0.1, 0.15) is 46.5 Å². The summed E-state index contributed by atoms with van der Waals surface area (Å²) in [6.45, 7) is 9.75. The molecule has 0 nitrogen and oxygen atoms in total. The summed E-state index contributed by atoms with van der Waals surface area (Å²) in [5.41, 5.74) is 0.925. The first-order chi connectivity index (χ1) is 7.13. The van der Waals surface area contributed by atoms with Crippen LogP contribution in [-0.2, 0) is 0 Å². The highest BCUT2D eigenvalue weighted by molar-refractivity contribution is 5.22. The number of rotatable bonds is 7. The molecule has 0 heterocycles. The zero-order chi connectivity index (χ0) is 11.7. The van der Waals surface area contributed by atoms with Gasteiger partial charge in [-0.05, 0) is 24.5 Å². The molecular formula is C14H23F. The van der Waals surface area contributed by atoms with Gasteiger partial charge in [0.05, 0.1) is 0 Å². The SMILES string of the molecule is C=C/C=C(C)\C=C(\F)CC(CC)CCC. The van der Waals surface area contributed by atoms with Gasteiger partial charge in [0.15, 0.2) is 0 Å². The molecule has 1 unspecified atom stereocenters. The van der Waals surface area contributed by atoms with Gasteiger partial charge in [0, 0.05) is 6.42 Å². The van der Waals surface area contributed by atoms with Crippen LogP contribution in [0.3, 0.4) is 0 Å². The molecule has 0 aromatic carbocycles. The number of halogens is 1. The first-order valence-electron chi connectivity index (χ1n) is 5.79. The van der Waals surface area contributed by atoms with Gasteiger partial charge in [-0.15, -0.1) is 0 Å². The van der Waals surface area contributed by atoms with Crippen LogP contribution < -0.4 is 0 Å². The Morgan fingerprint density at radius 2 is 2.07 bits per heavy atom. The van der Waals surface area contributed by atoms with Gasteiger partial charge in [-0.3, -0.25) is 0 Å². The van der Waals surface area contributed by atoms with Crippen LogP contribution in [0, 0.1) is 5.92 Å². The van der Waals surface area contributed by atoms with E-state index in [1.807, 2.05) is 13.0 Å². The molecule has 86 valence electrons. The molecule has 0 aliphatic rings. The van der Waals surface area contributed by atoms with Gasteiger partial charge >= 0.3 is 0 Å². The van der Waals surface area contributed by atoms with E-state index in [9.17, 15) is 4.39 Å². The molecule has 0 amide bonds. The molecule has 0 saturated carbocycles. The Kier molecular flexibility index (Phi) is 7.98. The molecule has 0 radical (unpaired) electrons. The maximum atomic E-state index is 13.5. The van der Waals surface area contributed by atoms with Crippen molar-refractivity contribution in [3.05, 3.63) is 36.2 Å². The summed E-state index contributed by atoms with van der Waals surface area (Å²) in [6, 6.07) is 0. The number of hydrogen-bond donors (Lipinski definition) is 0. The lowest BCUT2D eigenvalue weighted by atomic mass is 9.96. The molecule has 0 fully saturated rings. The van der Waals surface area contributed by atoms with Gasteiger partial charge in [0.25, 0.3) is 0 Å². The molecule has 0 bridgehead atoms. The van der Waals surface area contributed by atoms with Crippen molar-refractivity contribution in [1.29, 1.82) is 0 Å². The summed E-state index contributed by atoms with van der Waals surface area (Å²) < 4.78 is 13.5. The molecule has 15 heavy (non-hydrogen) atoms. The van der Waals surface area contributed by atoms with E-state index < -0.39 is 0 Å². The fraction of sp³-hybridized carbons (Fsp3) is 0.571. The topological polar surface area (TPSA) is 0 Å². The van der Waals surface area contributed by atoms with Gasteiger partial charge < -0.3 is 0 Å². The first kappa shape index (κ1) is 14.2. The van der Waals surface area contributed by atoms with Crippen LogP contribution in [0.4, 0.5) is 4.39 Å². The minimum Gasteiger partial charge on any atom is -0.212 e. The Bertz CT molecular complexity index is 236. The molecule has 1 atom stereocenters. The second-order valence-corrected chi connectivity index (χ2v) is 4.00. The van der Waals surface area contributed by atoms with Crippen molar-refractivity contribution < 1.29 is 4.39 Å². The van der Waals surface area contributed by atoms with E-state index in [0.717, 1.165) is 24.8 Å². The minimum atomic E-state index is -0.00843. The summed E-state index contributed by atoms with van der Waals surface area (Å²) in [6.07, 6.45) is 8.99. The zero-order valence-corrected chi connectivity index (χ0v) is 10.2. The molecule has 0 aromatic heterocycles. The van der Waals surface area contributed by atoms with E-state index in [1.54, 1.807) is 12.2 Å². The van der Waals surface area contributed by atoms with Crippen molar-refractivity contribution in [1.82, 2.24) is 0 Å². The third-order valence-corrected chi connectivity index (χ3v) is 2.52. The Morgan fingerprint density at radius 1 is 1.40 bits per heavy atom. The fourth-order valence-corrected chi connectivity index (χ4v) is 1.67. The summed E-state index contributed by atoms with van der Waals surface area (Å²) in [5, 5.41) is 0. The van der Waals surface area contributed by atoms with Crippen LogP contribution in [-0.4, -0.2) is 0 Å². The van der Waals surface area contributed by atoms with Gasteiger partial charge in [-0.2, -0.15) is 0 Å². The van der Waals surface area contributed by atoms with E-state index in [2.05, 4.69) is 20.4 Å². The molecule has 0 spiro atoms. The lowest BCUT2D eigenvalue weighted by Crippen LogP contribution is -1.98. The van der Waals surface area contributed by atoms with E-state index in [0.29, 0.717) is 12.3 Å². The molecule has 0 aliphatic heterocycles. The highest BCUT2D eigenvalue weighted by Crippen LogP contribution is 2.21. The highest BCUT2D eigenvalue weighted by atomic mass is 19.1. The predicted molar refractivity (Wildman–Crippen MR) is 66.5 cm³/mol. The molecule has 0 saturated heterocycles. The Hall–Kier alpha value is -0.850. The van der Waals surface area contributed by atoms with Gasteiger partial charge in [0.1, 0.15) is 5.83 Å². The fourth-order valence-electron chi connectivity index (χ4n) is 1.67. The van der Waals surface area contributed by atoms with Crippen LogP contribution in [0.2, 0.25) is 0 Å². The molecule has 1 heteroatoms. The molecule has 0 aliphatic carbocycles. The standard InChI is InChI=1S/C14H23F/c1-5-8-12(4)10-14(15)11-13(7-3)9-6-2/h5,8,10,13H,1,6-7,9,11H2,2-4H3/b12-8-,14-10+. The minimum absolute atomic E-state index is 0.00843. The third kappa shape index (κ3) is 7.12. The predicted octanol–water partition coefficient (Wildman–Crippen LogP) is 5.19. The van der Waals surface area contributed by atoms with Crippen molar-refractivity contribution >= 4 is 0 Å². The van der Waals surface area contributed by atoms with E-state index in [1.165, 1.54) is 0 Å². The van der Waals surface area contributed by atoms with Crippen LogP contribution in [0.15, 0.2) is 36.2 Å².